The summed E-state index contributed by atoms with van der Waals surface area (Å²) in [6.45, 7) is 20.0. The third-order valence-electron chi connectivity index (χ3n) is 5.52. The standard InChI is InChI=1S/C20H36O4/c1-10-18(5,6)14-20(9,19(7,8)11-2)17(22)24-13-12-23-16(21)15(3)4/h3,10-14H2,1-2,4-9H3. The van der Waals surface area contributed by atoms with E-state index in [1.165, 1.54) is 0 Å². The molecule has 4 nitrogen and oxygen atoms in total. The van der Waals surface area contributed by atoms with Crippen LogP contribution >= 0.6 is 0 Å². The molecule has 0 bridgehead atoms. The summed E-state index contributed by atoms with van der Waals surface area (Å²) in [6, 6.07) is 0. The van der Waals surface area contributed by atoms with Gasteiger partial charge in [0.2, 0.25) is 0 Å². The van der Waals surface area contributed by atoms with Crippen LogP contribution in [0.2, 0.25) is 0 Å². The van der Waals surface area contributed by atoms with E-state index >= 15 is 0 Å². The van der Waals surface area contributed by atoms with Crippen LogP contribution in [0.15, 0.2) is 12.2 Å². The van der Waals surface area contributed by atoms with E-state index in [4.69, 9.17) is 9.47 Å². The van der Waals surface area contributed by atoms with Gasteiger partial charge < -0.3 is 9.47 Å². The molecule has 0 aromatic heterocycles. The SMILES string of the molecule is C=C(C)C(=O)OCCOC(=O)C(C)(CC(C)(C)CC)C(C)(C)CC. The zero-order valence-corrected chi connectivity index (χ0v) is 16.9. The monoisotopic (exact) mass is 340 g/mol. The number of ether oxygens (including phenoxy) is 2. The molecule has 0 aliphatic rings. The molecule has 0 aliphatic heterocycles. The van der Waals surface area contributed by atoms with E-state index in [9.17, 15) is 9.59 Å². The maximum absolute atomic E-state index is 12.9. The van der Waals surface area contributed by atoms with Crippen LogP contribution in [0, 0.1) is 16.2 Å². The lowest BCUT2D eigenvalue weighted by Crippen LogP contribution is -2.46. The zero-order valence-electron chi connectivity index (χ0n) is 16.9. The van der Waals surface area contributed by atoms with Crippen molar-refractivity contribution < 1.29 is 19.1 Å². The highest BCUT2D eigenvalue weighted by Crippen LogP contribution is 2.50. The fourth-order valence-corrected chi connectivity index (χ4v) is 2.61. The van der Waals surface area contributed by atoms with Crippen molar-refractivity contribution in [3.63, 3.8) is 0 Å². The van der Waals surface area contributed by atoms with Gasteiger partial charge in [0.1, 0.15) is 13.2 Å². The van der Waals surface area contributed by atoms with Gasteiger partial charge in [0, 0.05) is 5.57 Å². The molecule has 0 radical (unpaired) electrons. The number of carbonyl (C=O) groups is 2. The Labute approximate surface area is 148 Å². The van der Waals surface area contributed by atoms with Gasteiger partial charge in [0.05, 0.1) is 5.41 Å². The zero-order chi connectivity index (χ0) is 19.2. The van der Waals surface area contributed by atoms with Crippen molar-refractivity contribution in [2.45, 2.75) is 74.7 Å². The Balaban J connectivity index is 5.01. The van der Waals surface area contributed by atoms with E-state index < -0.39 is 11.4 Å². The molecule has 1 unspecified atom stereocenters. The molecule has 0 heterocycles. The van der Waals surface area contributed by atoms with E-state index in [2.05, 4.69) is 48.1 Å². The Morgan fingerprint density at radius 2 is 1.42 bits per heavy atom. The molecule has 0 rings (SSSR count). The summed E-state index contributed by atoms with van der Waals surface area (Å²) in [4.78, 5) is 24.2. The molecule has 0 N–H and O–H groups in total. The number of esters is 2. The molecule has 1 atom stereocenters. The van der Waals surface area contributed by atoms with Crippen LogP contribution in [-0.2, 0) is 19.1 Å². The Morgan fingerprint density at radius 3 is 1.83 bits per heavy atom. The van der Waals surface area contributed by atoms with Crippen LogP contribution in [0.25, 0.3) is 0 Å². The molecule has 0 saturated carbocycles. The van der Waals surface area contributed by atoms with E-state index in [-0.39, 0.29) is 30.0 Å². The van der Waals surface area contributed by atoms with Crippen LogP contribution < -0.4 is 0 Å². The molecule has 0 aromatic rings. The molecular weight excluding hydrogens is 304 g/mol. The Kier molecular flexibility index (Phi) is 8.20. The summed E-state index contributed by atoms with van der Waals surface area (Å²) in [5.41, 5.74) is -0.403. The molecule has 24 heavy (non-hydrogen) atoms. The fourth-order valence-electron chi connectivity index (χ4n) is 2.61. The summed E-state index contributed by atoms with van der Waals surface area (Å²) in [6.07, 6.45) is 2.62. The van der Waals surface area contributed by atoms with Gasteiger partial charge in [0.15, 0.2) is 0 Å². The topological polar surface area (TPSA) is 52.6 Å². The first kappa shape index (κ1) is 22.7. The van der Waals surface area contributed by atoms with Crippen molar-refractivity contribution >= 4 is 11.9 Å². The number of rotatable bonds is 10. The first-order valence-electron chi connectivity index (χ1n) is 8.83. The van der Waals surface area contributed by atoms with Crippen LogP contribution in [0.3, 0.4) is 0 Å². The second kappa shape index (κ2) is 8.68. The first-order chi connectivity index (χ1) is 10.8. The Bertz CT molecular complexity index is 462. The van der Waals surface area contributed by atoms with Gasteiger partial charge in [-0.3, -0.25) is 4.79 Å². The second-order valence-electron chi connectivity index (χ2n) is 8.32. The summed E-state index contributed by atoms with van der Waals surface area (Å²) in [7, 11) is 0. The maximum atomic E-state index is 12.9. The third kappa shape index (κ3) is 5.95. The molecular formula is C20H36O4. The Hall–Kier alpha value is -1.32. The molecule has 0 aromatic carbocycles. The molecule has 140 valence electrons. The van der Waals surface area contributed by atoms with Gasteiger partial charge in [0.25, 0.3) is 0 Å². The maximum Gasteiger partial charge on any atom is 0.333 e. The Morgan fingerprint density at radius 1 is 0.917 bits per heavy atom. The average molecular weight is 341 g/mol. The first-order valence-corrected chi connectivity index (χ1v) is 8.83. The van der Waals surface area contributed by atoms with Crippen molar-refractivity contribution in [1.82, 2.24) is 0 Å². The van der Waals surface area contributed by atoms with Crippen LogP contribution in [0.5, 0.6) is 0 Å². The molecule has 0 spiro atoms. The van der Waals surface area contributed by atoms with Gasteiger partial charge in [-0.25, -0.2) is 4.79 Å². The molecule has 0 aliphatic carbocycles. The number of carbonyl (C=O) groups excluding carboxylic acids is 2. The molecule has 4 heteroatoms. The van der Waals surface area contributed by atoms with Crippen molar-refractivity contribution in [1.29, 1.82) is 0 Å². The minimum atomic E-state index is -0.598. The second-order valence-corrected chi connectivity index (χ2v) is 8.32. The van der Waals surface area contributed by atoms with Gasteiger partial charge in [-0.15, -0.1) is 0 Å². The van der Waals surface area contributed by atoms with Gasteiger partial charge in [-0.1, -0.05) is 54.5 Å². The highest BCUT2D eigenvalue weighted by atomic mass is 16.6. The van der Waals surface area contributed by atoms with E-state index in [0.29, 0.717) is 5.57 Å². The van der Waals surface area contributed by atoms with E-state index in [1.807, 2.05) is 6.92 Å². The van der Waals surface area contributed by atoms with Crippen LogP contribution in [0.4, 0.5) is 0 Å². The lowest BCUT2D eigenvalue weighted by atomic mass is 9.58. The highest BCUT2D eigenvalue weighted by molar-refractivity contribution is 5.86. The lowest BCUT2D eigenvalue weighted by Gasteiger charge is -2.45. The van der Waals surface area contributed by atoms with Crippen molar-refractivity contribution in [2.24, 2.45) is 16.2 Å². The third-order valence-corrected chi connectivity index (χ3v) is 5.52. The molecule has 0 amide bonds. The summed E-state index contributed by atoms with van der Waals surface area (Å²) < 4.78 is 10.5. The normalized spacial score (nSPS) is 14.7. The quantitative estimate of drug-likeness (QED) is 0.322. The van der Waals surface area contributed by atoms with Gasteiger partial charge in [-0.05, 0) is 37.5 Å². The average Bonchev–Trinajstić information content (AvgIpc) is 2.50. The van der Waals surface area contributed by atoms with Crippen molar-refractivity contribution in [3.05, 3.63) is 12.2 Å². The highest BCUT2D eigenvalue weighted by Gasteiger charge is 2.49. The minimum absolute atomic E-state index is 0.0482. The minimum Gasteiger partial charge on any atom is -0.462 e. The van der Waals surface area contributed by atoms with Crippen molar-refractivity contribution in [2.75, 3.05) is 13.2 Å². The predicted octanol–water partition coefficient (Wildman–Crippen LogP) is 4.92. The predicted molar refractivity (Wildman–Crippen MR) is 97.6 cm³/mol. The smallest absolute Gasteiger partial charge is 0.333 e. The van der Waals surface area contributed by atoms with Gasteiger partial charge >= 0.3 is 11.9 Å². The molecule has 0 saturated heterocycles. The molecule has 0 fully saturated rings. The number of hydrogen-bond acceptors (Lipinski definition) is 4. The largest absolute Gasteiger partial charge is 0.462 e. The summed E-state index contributed by atoms with van der Waals surface area (Å²) >= 11 is 0. The number of hydrogen-bond donors (Lipinski definition) is 0. The van der Waals surface area contributed by atoms with E-state index in [0.717, 1.165) is 19.3 Å². The van der Waals surface area contributed by atoms with Crippen molar-refractivity contribution in [3.8, 4) is 0 Å². The van der Waals surface area contributed by atoms with Gasteiger partial charge in [-0.2, -0.15) is 0 Å². The van der Waals surface area contributed by atoms with E-state index in [1.54, 1.807) is 6.92 Å². The lowest BCUT2D eigenvalue weighted by molar-refractivity contribution is -0.169. The summed E-state index contributed by atoms with van der Waals surface area (Å²) in [5.74, 6) is -0.683. The fraction of sp³-hybridized carbons (Fsp3) is 0.800. The van der Waals surface area contributed by atoms with Crippen LogP contribution in [0.1, 0.15) is 74.7 Å². The van der Waals surface area contributed by atoms with Crippen LogP contribution in [-0.4, -0.2) is 25.2 Å². The summed E-state index contributed by atoms with van der Waals surface area (Å²) in [5, 5.41) is 0.